The van der Waals surface area contributed by atoms with Gasteiger partial charge in [-0.25, -0.2) is 4.98 Å². The van der Waals surface area contributed by atoms with E-state index in [9.17, 15) is 0 Å². The molecule has 1 radical (unpaired) electrons. The Hall–Kier alpha value is -1.57. The van der Waals surface area contributed by atoms with Gasteiger partial charge in [-0.2, -0.15) is 0 Å². The second kappa shape index (κ2) is 5.01. The number of pyridine rings is 1. The summed E-state index contributed by atoms with van der Waals surface area (Å²) in [7, 11) is 0. The molecule has 0 aliphatic carbocycles. The van der Waals surface area contributed by atoms with E-state index in [4.69, 9.17) is 4.98 Å². The van der Waals surface area contributed by atoms with Gasteiger partial charge < -0.3 is 4.90 Å². The maximum atomic E-state index is 4.96. The number of aromatic nitrogens is 1. The zero-order chi connectivity index (χ0) is 15.2. The zero-order valence-electron chi connectivity index (χ0n) is 13.6. The molecule has 1 aliphatic heterocycles. The fourth-order valence-corrected chi connectivity index (χ4v) is 3.26. The Kier molecular flexibility index (Phi) is 3.43. The summed E-state index contributed by atoms with van der Waals surface area (Å²) in [5.74, 6) is 1.63. The van der Waals surface area contributed by atoms with Gasteiger partial charge in [0.15, 0.2) is 0 Å². The third-order valence-electron chi connectivity index (χ3n) is 5.04. The summed E-state index contributed by atoms with van der Waals surface area (Å²) in [5.41, 5.74) is 3.94. The molecule has 1 fully saturated rings. The molecule has 2 nitrogen and oxygen atoms in total. The van der Waals surface area contributed by atoms with Crippen molar-refractivity contribution in [3.05, 3.63) is 42.3 Å². The average molecular weight is 281 g/mol. The Morgan fingerprint density at radius 1 is 1.14 bits per heavy atom. The summed E-state index contributed by atoms with van der Waals surface area (Å²) < 4.78 is 0. The lowest BCUT2D eigenvalue weighted by Gasteiger charge is -2.43. The smallest absolute Gasteiger partial charge is 0.129 e. The minimum atomic E-state index is 0.247. The number of nitrogens with zero attached hydrogens (tertiary/aromatic N) is 2. The van der Waals surface area contributed by atoms with Crippen LogP contribution in [0.15, 0.2) is 24.3 Å². The molecule has 1 aliphatic rings. The number of hydrogen-bond acceptors (Lipinski definition) is 2. The fourth-order valence-electron chi connectivity index (χ4n) is 3.26. The summed E-state index contributed by atoms with van der Waals surface area (Å²) in [6.45, 7) is 15.3. The van der Waals surface area contributed by atoms with Crippen LogP contribution in [0.2, 0.25) is 0 Å². The Bertz CT molecular complexity index is 673. The van der Waals surface area contributed by atoms with E-state index in [2.05, 4.69) is 63.8 Å². The van der Waals surface area contributed by atoms with Crippen molar-refractivity contribution in [2.45, 2.75) is 34.1 Å². The first-order chi connectivity index (χ1) is 9.88. The number of fused-ring (bicyclic) bond motifs is 1. The quantitative estimate of drug-likeness (QED) is 0.763. The average Bonchev–Trinajstić information content (AvgIpc) is 2.45. The summed E-state index contributed by atoms with van der Waals surface area (Å²) in [5, 5.41) is 1.27. The molecular weight excluding hydrogens is 256 g/mol. The molecule has 21 heavy (non-hydrogen) atoms. The minimum Gasteiger partial charge on any atom is -0.356 e. The number of anilines is 1. The molecule has 0 amide bonds. The first kappa shape index (κ1) is 14.4. The van der Waals surface area contributed by atoms with Crippen molar-refractivity contribution in [3.8, 4) is 0 Å². The molecule has 1 aromatic heterocycles. The highest BCUT2D eigenvalue weighted by molar-refractivity contribution is 5.86. The minimum absolute atomic E-state index is 0.247. The normalized spacial score (nSPS) is 21.8. The molecule has 0 bridgehead atoms. The van der Waals surface area contributed by atoms with Crippen molar-refractivity contribution in [1.82, 2.24) is 4.98 Å². The molecule has 1 atom stereocenters. The van der Waals surface area contributed by atoms with Crippen molar-refractivity contribution in [2.75, 3.05) is 18.0 Å². The van der Waals surface area contributed by atoms with E-state index < -0.39 is 0 Å². The Balaban J connectivity index is 2.00. The monoisotopic (exact) mass is 281 g/mol. The topological polar surface area (TPSA) is 16.1 Å². The van der Waals surface area contributed by atoms with E-state index in [1.165, 1.54) is 16.5 Å². The van der Waals surface area contributed by atoms with Gasteiger partial charge in [-0.1, -0.05) is 26.0 Å². The Morgan fingerprint density at radius 2 is 1.86 bits per heavy atom. The lowest BCUT2D eigenvalue weighted by Crippen LogP contribution is -2.45. The highest BCUT2D eigenvalue weighted by Crippen LogP contribution is 2.36. The molecule has 0 spiro atoms. The largest absolute Gasteiger partial charge is 0.356 e. The van der Waals surface area contributed by atoms with E-state index in [0.29, 0.717) is 5.92 Å². The van der Waals surface area contributed by atoms with Crippen molar-refractivity contribution >= 4 is 16.7 Å². The Labute approximate surface area is 128 Å². The molecule has 1 saturated heterocycles. The van der Waals surface area contributed by atoms with Gasteiger partial charge in [-0.3, -0.25) is 0 Å². The maximum Gasteiger partial charge on any atom is 0.129 e. The number of rotatable bonds is 1. The van der Waals surface area contributed by atoms with Crippen LogP contribution < -0.4 is 4.90 Å². The highest BCUT2D eigenvalue weighted by atomic mass is 15.2. The van der Waals surface area contributed by atoms with Crippen LogP contribution in [-0.2, 0) is 0 Å². The van der Waals surface area contributed by atoms with Crippen molar-refractivity contribution < 1.29 is 0 Å². The number of piperidine rings is 1. The van der Waals surface area contributed by atoms with Crippen LogP contribution in [0.25, 0.3) is 10.9 Å². The number of benzene rings is 1. The van der Waals surface area contributed by atoms with E-state index in [1.807, 2.05) is 0 Å². The molecule has 1 unspecified atom stereocenters. The lowest BCUT2D eigenvalue weighted by atomic mass is 9.75. The first-order valence-corrected chi connectivity index (χ1v) is 7.83. The molecule has 111 valence electrons. The number of aryl methyl sites for hydroxylation is 2. The third-order valence-corrected chi connectivity index (χ3v) is 5.04. The van der Waals surface area contributed by atoms with Gasteiger partial charge in [0, 0.05) is 18.5 Å². The van der Waals surface area contributed by atoms with Crippen LogP contribution in [0.4, 0.5) is 5.82 Å². The standard InChI is InChI=1S/C19H25N2/c1-13-6-7-14(2)18-16(13)8-9-17(20-18)21-11-10-15(3)19(4,5)12-21/h6-9,15H,3,10-12H2,1-2,4-5H3. The van der Waals surface area contributed by atoms with Crippen LogP contribution in [0, 0.1) is 32.1 Å². The molecule has 2 heterocycles. The van der Waals surface area contributed by atoms with Crippen molar-refractivity contribution in [1.29, 1.82) is 0 Å². The SMILES string of the molecule is [CH2]C1CCN(c2ccc3c(C)ccc(C)c3n2)CC1(C)C. The van der Waals surface area contributed by atoms with Crippen LogP contribution in [0.3, 0.4) is 0 Å². The summed E-state index contributed by atoms with van der Waals surface area (Å²) in [6, 6.07) is 8.74. The fraction of sp³-hybridized carbons (Fsp3) is 0.474. The third kappa shape index (κ3) is 2.52. The highest BCUT2D eigenvalue weighted by Gasteiger charge is 2.33. The maximum absolute atomic E-state index is 4.96. The van der Waals surface area contributed by atoms with Crippen LogP contribution in [-0.4, -0.2) is 18.1 Å². The molecule has 1 aromatic carbocycles. The van der Waals surface area contributed by atoms with Crippen LogP contribution in [0.5, 0.6) is 0 Å². The van der Waals surface area contributed by atoms with Gasteiger partial charge in [-0.15, -0.1) is 0 Å². The molecular formula is C19H25N2. The lowest BCUT2D eigenvalue weighted by molar-refractivity contribution is 0.216. The van der Waals surface area contributed by atoms with E-state index in [0.717, 1.165) is 30.8 Å². The van der Waals surface area contributed by atoms with Gasteiger partial charge >= 0.3 is 0 Å². The van der Waals surface area contributed by atoms with E-state index >= 15 is 0 Å². The number of hydrogen-bond donors (Lipinski definition) is 0. The van der Waals surface area contributed by atoms with Gasteiger partial charge in [0.25, 0.3) is 0 Å². The zero-order valence-corrected chi connectivity index (χ0v) is 13.6. The van der Waals surface area contributed by atoms with E-state index in [-0.39, 0.29) is 5.41 Å². The second-order valence-electron chi connectivity index (χ2n) is 7.16. The van der Waals surface area contributed by atoms with E-state index in [1.54, 1.807) is 0 Å². The predicted molar refractivity (Wildman–Crippen MR) is 90.7 cm³/mol. The Morgan fingerprint density at radius 3 is 2.57 bits per heavy atom. The molecule has 2 heteroatoms. The molecule has 2 aromatic rings. The van der Waals surface area contributed by atoms with Crippen molar-refractivity contribution in [2.24, 2.45) is 11.3 Å². The summed E-state index contributed by atoms with van der Waals surface area (Å²) >= 11 is 0. The second-order valence-corrected chi connectivity index (χ2v) is 7.16. The predicted octanol–water partition coefficient (Wildman–Crippen LogP) is 4.54. The van der Waals surface area contributed by atoms with Gasteiger partial charge in [0.05, 0.1) is 5.52 Å². The van der Waals surface area contributed by atoms with Crippen LogP contribution >= 0.6 is 0 Å². The molecule has 3 rings (SSSR count). The summed E-state index contributed by atoms with van der Waals surface area (Å²) in [6.07, 6.45) is 1.14. The first-order valence-electron chi connectivity index (χ1n) is 7.83. The molecule has 0 N–H and O–H groups in total. The van der Waals surface area contributed by atoms with Crippen molar-refractivity contribution in [3.63, 3.8) is 0 Å². The molecule has 0 saturated carbocycles. The summed E-state index contributed by atoms with van der Waals surface area (Å²) in [4.78, 5) is 7.37. The van der Waals surface area contributed by atoms with Gasteiger partial charge in [0.2, 0.25) is 0 Å². The van der Waals surface area contributed by atoms with Crippen LogP contribution in [0.1, 0.15) is 31.4 Å². The van der Waals surface area contributed by atoms with Gasteiger partial charge in [0.1, 0.15) is 5.82 Å². The van der Waals surface area contributed by atoms with Gasteiger partial charge in [-0.05, 0) is 61.8 Å².